The van der Waals surface area contributed by atoms with Gasteiger partial charge in [0.25, 0.3) is 0 Å². The monoisotopic (exact) mass is 205 g/mol. The highest BCUT2D eigenvalue weighted by Crippen LogP contribution is 2.17. The molecule has 1 aliphatic heterocycles. The number of benzene rings is 1. The zero-order valence-electron chi connectivity index (χ0n) is 9.55. The van der Waals surface area contributed by atoms with Crippen LogP contribution in [0.5, 0.6) is 5.75 Å². The molecule has 15 heavy (non-hydrogen) atoms. The van der Waals surface area contributed by atoms with Crippen molar-refractivity contribution < 1.29 is 4.74 Å². The van der Waals surface area contributed by atoms with Gasteiger partial charge in [-0.15, -0.1) is 0 Å². The summed E-state index contributed by atoms with van der Waals surface area (Å²) in [5, 5.41) is 3.27. The molecule has 0 aromatic heterocycles. The van der Waals surface area contributed by atoms with E-state index in [1.54, 1.807) is 0 Å². The zero-order chi connectivity index (χ0) is 10.7. The number of nitrogens with one attached hydrogen (secondary N) is 1. The van der Waals surface area contributed by atoms with Crippen LogP contribution in [0.25, 0.3) is 0 Å². The van der Waals surface area contributed by atoms with Crippen LogP contribution in [-0.4, -0.2) is 19.7 Å². The molecule has 1 fully saturated rings. The minimum absolute atomic E-state index is 0.830. The molecular weight excluding hydrogens is 186 g/mol. The van der Waals surface area contributed by atoms with Crippen molar-refractivity contribution in [2.45, 2.75) is 20.3 Å². The van der Waals surface area contributed by atoms with E-state index in [1.807, 2.05) is 0 Å². The lowest BCUT2D eigenvalue weighted by Crippen LogP contribution is -2.42. The van der Waals surface area contributed by atoms with E-state index >= 15 is 0 Å². The SMILES string of the molecule is Cc1cc(C)cc(OCCC2CNC2)c1. The Kier molecular flexibility index (Phi) is 3.27. The highest BCUT2D eigenvalue weighted by Gasteiger charge is 2.15. The minimum Gasteiger partial charge on any atom is -0.494 e. The lowest BCUT2D eigenvalue weighted by Gasteiger charge is -2.26. The van der Waals surface area contributed by atoms with E-state index in [1.165, 1.54) is 17.5 Å². The number of rotatable bonds is 4. The van der Waals surface area contributed by atoms with E-state index in [0.29, 0.717) is 0 Å². The van der Waals surface area contributed by atoms with Crippen molar-refractivity contribution in [1.29, 1.82) is 0 Å². The Balaban J connectivity index is 1.81. The number of ether oxygens (including phenoxy) is 1. The molecule has 2 heteroatoms. The molecule has 0 spiro atoms. The van der Waals surface area contributed by atoms with Crippen LogP contribution in [0.15, 0.2) is 18.2 Å². The van der Waals surface area contributed by atoms with Crippen molar-refractivity contribution in [3.63, 3.8) is 0 Å². The van der Waals surface area contributed by atoms with Gasteiger partial charge in [-0.05, 0) is 62.5 Å². The Hall–Kier alpha value is -1.02. The van der Waals surface area contributed by atoms with Crippen LogP contribution in [0.1, 0.15) is 17.5 Å². The van der Waals surface area contributed by atoms with Gasteiger partial charge >= 0.3 is 0 Å². The summed E-state index contributed by atoms with van der Waals surface area (Å²) >= 11 is 0. The normalized spacial score (nSPS) is 16.1. The summed E-state index contributed by atoms with van der Waals surface area (Å²) < 4.78 is 5.75. The number of hydrogen-bond donors (Lipinski definition) is 1. The largest absolute Gasteiger partial charge is 0.494 e. The third kappa shape index (κ3) is 2.96. The Morgan fingerprint density at radius 2 is 1.87 bits per heavy atom. The second-order valence-electron chi connectivity index (χ2n) is 4.48. The highest BCUT2D eigenvalue weighted by atomic mass is 16.5. The second kappa shape index (κ2) is 4.67. The molecule has 1 aliphatic rings. The molecule has 1 saturated heterocycles. The van der Waals surface area contributed by atoms with Gasteiger partial charge in [0.2, 0.25) is 0 Å². The maximum absolute atomic E-state index is 5.75. The average Bonchev–Trinajstić information content (AvgIpc) is 2.07. The van der Waals surface area contributed by atoms with Crippen molar-refractivity contribution in [3.05, 3.63) is 29.3 Å². The summed E-state index contributed by atoms with van der Waals surface area (Å²) in [5.74, 6) is 1.84. The van der Waals surface area contributed by atoms with Crippen LogP contribution >= 0.6 is 0 Å². The van der Waals surface area contributed by atoms with Crippen molar-refractivity contribution in [2.75, 3.05) is 19.7 Å². The van der Waals surface area contributed by atoms with Crippen LogP contribution in [0.4, 0.5) is 0 Å². The predicted octanol–water partition coefficient (Wildman–Crippen LogP) is 2.29. The molecule has 1 aromatic carbocycles. The van der Waals surface area contributed by atoms with Gasteiger partial charge in [-0.2, -0.15) is 0 Å². The first-order valence-electron chi connectivity index (χ1n) is 5.66. The van der Waals surface area contributed by atoms with E-state index < -0.39 is 0 Å². The lowest BCUT2D eigenvalue weighted by atomic mass is 10.0. The Bertz CT molecular complexity index is 311. The van der Waals surface area contributed by atoms with Crippen LogP contribution in [0, 0.1) is 19.8 Å². The van der Waals surface area contributed by atoms with E-state index in [0.717, 1.165) is 31.4 Å². The van der Waals surface area contributed by atoms with Gasteiger partial charge in [0.05, 0.1) is 6.61 Å². The van der Waals surface area contributed by atoms with Gasteiger partial charge in [0.1, 0.15) is 5.75 Å². The molecule has 0 atom stereocenters. The first-order valence-corrected chi connectivity index (χ1v) is 5.66. The van der Waals surface area contributed by atoms with Gasteiger partial charge in [0.15, 0.2) is 0 Å². The molecule has 0 unspecified atom stereocenters. The molecule has 0 radical (unpaired) electrons. The van der Waals surface area contributed by atoms with Crippen LogP contribution < -0.4 is 10.1 Å². The Morgan fingerprint density at radius 1 is 1.20 bits per heavy atom. The predicted molar refractivity (Wildman–Crippen MR) is 62.4 cm³/mol. The van der Waals surface area contributed by atoms with Crippen molar-refractivity contribution in [1.82, 2.24) is 5.32 Å². The number of hydrogen-bond acceptors (Lipinski definition) is 2. The fourth-order valence-electron chi connectivity index (χ4n) is 1.91. The van der Waals surface area contributed by atoms with E-state index in [2.05, 4.69) is 37.4 Å². The van der Waals surface area contributed by atoms with Crippen molar-refractivity contribution in [2.24, 2.45) is 5.92 Å². The standard InChI is InChI=1S/C13H19NO/c1-10-5-11(2)7-13(6-10)15-4-3-12-8-14-9-12/h5-7,12,14H,3-4,8-9H2,1-2H3. The average molecular weight is 205 g/mol. The highest BCUT2D eigenvalue weighted by molar-refractivity contribution is 5.32. The van der Waals surface area contributed by atoms with Crippen molar-refractivity contribution >= 4 is 0 Å². The maximum atomic E-state index is 5.75. The van der Waals surface area contributed by atoms with Gasteiger partial charge in [-0.25, -0.2) is 0 Å². The van der Waals surface area contributed by atoms with Crippen LogP contribution in [0.2, 0.25) is 0 Å². The number of aryl methyl sites for hydroxylation is 2. The molecule has 1 aromatic rings. The molecule has 2 rings (SSSR count). The molecule has 1 heterocycles. The molecule has 0 saturated carbocycles. The summed E-state index contributed by atoms with van der Waals surface area (Å²) in [6, 6.07) is 6.38. The maximum Gasteiger partial charge on any atom is 0.119 e. The summed E-state index contributed by atoms with van der Waals surface area (Å²) in [6.45, 7) is 7.38. The second-order valence-corrected chi connectivity index (χ2v) is 4.48. The van der Waals surface area contributed by atoms with Gasteiger partial charge in [0, 0.05) is 0 Å². The molecule has 82 valence electrons. The summed E-state index contributed by atoms with van der Waals surface area (Å²) in [5.41, 5.74) is 2.55. The zero-order valence-corrected chi connectivity index (χ0v) is 9.55. The first-order chi connectivity index (χ1) is 7.24. The molecular formula is C13H19NO. The van der Waals surface area contributed by atoms with E-state index in [9.17, 15) is 0 Å². The topological polar surface area (TPSA) is 21.3 Å². The third-order valence-electron chi connectivity index (χ3n) is 2.86. The Labute approximate surface area is 91.6 Å². The Morgan fingerprint density at radius 3 is 2.40 bits per heavy atom. The molecule has 0 bridgehead atoms. The fourth-order valence-corrected chi connectivity index (χ4v) is 1.91. The van der Waals surface area contributed by atoms with Gasteiger partial charge in [-0.3, -0.25) is 0 Å². The molecule has 2 nitrogen and oxygen atoms in total. The molecule has 0 amide bonds. The van der Waals surface area contributed by atoms with Gasteiger partial charge in [-0.1, -0.05) is 6.07 Å². The molecule has 1 N–H and O–H groups in total. The first kappa shape index (κ1) is 10.5. The molecule has 0 aliphatic carbocycles. The van der Waals surface area contributed by atoms with Crippen molar-refractivity contribution in [3.8, 4) is 5.75 Å². The van der Waals surface area contributed by atoms with Gasteiger partial charge < -0.3 is 10.1 Å². The minimum atomic E-state index is 0.830. The quantitative estimate of drug-likeness (QED) is 0.814. The summed E-state index contributed by atoms with van der Waals surface area (Å²) in [7, 11) is 0. The smallest absolute Gasteiger partial charge is 0.119 e. The van der Waals surface area contributed by atoms with Crippen LogP contribution in [0.3, 0.4) is 0 Å². The lowest BCUT2D eigenvalue weighted by molar-refractivity contribution is 0.238. The van der Waals surface area contributed by atoms with E-state index in [4.69, 9.17) is 4.74 Å². The fraction of sp³-hybridized carbons (Fsp3) is 0.538. The third-order valence-corrected chi connectivity index (χ3v) is 2.86. The van der Waals surface area contributed by atoms with Crippen LogP contribution in [-0.2, 0) is 0 Å². The summed E-state index contributed by atoms with van der Waals surface area (Å²) in [4.78, 5) is 0. The van der Waals surface area contributed by atoms with E-state index in [-0.39, 0.29) is 0 Å². The summed E-state index contributed by atoms with van der Waals surface area (Å²) in [6.07, 6.45) is 1.17.